The van der Waals surface area contributed by atoms with E-state index in [1.807, 2.05) is 36.4 Å². The molecule has 3 aromatic carbocycles. The molecular weight excluding hydrogens is 393 g/mol. The minimum atomic E-state index is -0.284. The molecule has 1 aliphatic rings. The molecule has 1 aromatic heterocycles. The van der Waals surface area contributed by atoms with E-state index in [2.05, 4.69) is 4.98 Å². The average Bonchev–Trinajstić information content (AvgIpc) is 3.21. The van der Waals surface area contributed by atoms with E-state index < -0.39 is 0 Å². The molecule has 4 aromatic rings. The third-order valence-electron chi connectivity index (χ3n) is 4.78. The number of Topliss-reactive ketones (excluding diaryl/α,β-unsaturated/α-hetero) is 1. The maximum atomic E-state index is 13.4. The molecule has 2 nitrogen and oxygen atoms in total. The minimum Gasteiger partial charge on any atom is -0.354 e. The first-order valence-electron chi connectivity index (χ1n) is 8.70. The molecule has 0 amide bonds. The van der Waals surface area contributed by atoms with Crippen molar-refractivity contribution in [3.63, 3.8) is 0 Å². The lowest BCUT2D eigenvalue weighted by atomic mass is 10.0. The monoisotopic (exact) mass is 405 g/mol. The fourth-order valence-electron chi connectivity index (χ4n) is 3.45. The number of aromatic nitrogens is 1. The van der Waals surface area contributed by atoms with Crippen LogP contribution in [0.1, 0.15) is 15.9 Å². The van der Waals surface area contributed by atoms with Crippen molar-refractivity contribution in [2.24, 2.45) is 0 Å². The molecule has 5 rings (SSSR count). The third kappa shape index (κ3) is 2.86. The molecule has 1 aliphatic heterocycles. The summed E-state index contributed by atoms with van der Waals surface area (Å²) in [6, 6.07) is 19.6. The number of allylic oxidation sites excluding steroid dienone is 1. The number of H-pyrrole nitrogens is 1. The fourth-order valence-corrected chi connectivity index (χ4v) is 4.64. The summed E-state index contributed by atoms with van der Waals surface area (Å²) < 4.78 is 13.4. The van der Waals surface area contributed by atoms with Gasteiger partial charge in [-0.05, 0) is 60.2 Å². The Labute approximate surface area is 170 Å². The highest BCUT2D eigenvalue weighted by atomic mass is 35.5. The normalized spacial score (nSPS) is 14.8. The lowest BCUT2D eigenvalue weighted by molar-refractivity contribution is 0.104. The number of aromatic amines is 1. The first-order chi connectivity index (χ1) is 13.6. The fraction of sp³-hybridized carbons (Fsp3) is 0. The molecule has 0 aliphatic carbocycles. The van der Waals surface area contributed by atoms with Crippen LogP contribution in [0.25, 0.3) is 28.2 Å². The summed E-state index contributed by atoms with van der Waals surface area (Å²) in [6.07, 6.45) is 1.92. The molecule has 0 atom stereocenters. The minimum absolute atomic E-state index is 0.0298. The molecule has 0 spiro atoms. The quantitative estimate of drug-likeness (QED) is 0.366. The number of halogens is 2. The number of thioether (sulfide) groups is 1. The van der Waals surface area contributed by atoms with Crippen molar-refractivity contribution in [3.8, 4) is 11.3 Å². The molecule has 28 heavy (non-hydrogen) atoms. The van der Waals surface area contributed by atoms with Crippen molar-refractivity contribution in [1.29, 1.82) is 0 Å². The van der Waals surface area contributed by atoms with Crippen LogP contribution in [0.3, 0.4) is 0 Å². The lowest BCUT2D eigenvalue weighted by Gasteiger charge is -2.03. The van der Waals surface area contributed by atoms with Crippen molar-refractivity contribution < 1.29 is 9.18 Å². The summed E-state index contributed by atoms with van der Waals surface area (Å²) >= 11 is 7.50. The number of benzene rings is 3. The van der Waals surface area contributed by atoms with Crippen molar-refractivity contribution in [2.45, 2.75) is 4.90 Å². The number of para-hydroxylation sites is 1. The van der Waals surface area contributed by atoms with E-state index in [0.717, 1.165) is 32.6 Å². The van der Waals surface area contributed by atoms with Gasteiger partial charge in [0.15, 0.2) is 0 Å². The van der Waals surface area contributed by atoms with Crippen LogP contribution in [0.2, 0.25) is 5.02 Å². The molecule has 1 N–H and O–H groups in total. The van der Waals surface area contributed by atoms with Gasteiger partial charge in [0.1, 0.15) is 5.82 Å². The van der Waals surface area contributed by atoms with E-state index >= 15 is 0 Å². The second-order valence-corrected chi connectivity index (χ2v) is 8.07. The Balaban J connectivity index is 1.69. The number of ketones is 1. The first kappa shape index (κ1) is 17.3. The molecule has 136 valence electrons. The Morgan fingerprint density at radius 2 is 1.79 bits per heavy atom. The maximum Gasteiger partial charge on any atom is 0.200 e. The molecule has 0 radical (unpaired) electrons. The Morgan fingerprint density at radius 1 is 1.00 bits per heavy atom. The van der Waals surface area contributed by atoms with Gasteiger partial charge in [-0.25, -0.2) is 4.39 Å². The highest BCUT2D eigenvalue weighted by Gasteiger charge is 2.27. The van der Waals surface area contributed by atoms with Crippen LogP contribution in [0.4, 0.5) is 4.39 Å². The molecule has 0 saturated carbocycles. The van der Waals surface area contributed by atoms with Gasteiger partial charge in [0, 0.05) is 31.9 Å². The highest BCUT2D eigenvalue weighted by Crippen LogP contribution is 2.43. The van der Waals surface area contributed by atoms with Crippen LogP contribution in [-0.2, 0) is 0 Å². The molecule has 0 bridgehead atoms. The predicted molar refractivity (Wildman–Crippen MR) is 113 cm³/mol. The highest BCUT2D eigenvalue weighted by molar-refractivity contribution is 8.04. The van der Waals surface area contributed by atoms with Crippen LogP contribution in [0.15, 0.2) is 76.5 Å². The largest absolute Gasteiger partial charge is 0.354 e. The van der Waals surface area contributed by atoms with E-state index in [4.69, 9.17) is 11.6 Å². The standard InChI is InChI=1S/C23H13ClFNOS/c24-14-7-10-20-18(11-14)23(27)21(28-20)12-17-16-3-1-2-4-19(16)26-22(17)13-5-8-15(25)9-6-13/h1-12,26H. The van der Waals surface area contributed by atoms with Gasteiger partial charge in [-0.15, -0.1) is 0 Å². The second kappa shape index (κ2) is 6.66. The summed E-state index contributed by atoms with van der Waals surface area (Å²) in [5.74, 6) is -0.313. The van der Waals surface area contributed by atoms with Gasteiger partial charge in [0.2, 0.25) is 5.78 Å². The number of fused-ring (bicyclic) bond motifs is 2. The van der Waals surface area contributed by atoms with E-state index in [1.165, 1.54) is 23.9 Å². The SMILES string of the molecule is O=C1C(=Cc2c(-c3ccc(F)cc3)[nH]c3ccccc23)Sc2ccc(Cl)cc21. The molecule has 2 heterocycles. The van der Waals surface area contributed by atoms with Gasteiger partial charge < -0.3 is 4.98 Å². The Morgan fingerprint density at radius 3 is 2.61 bits per heavy atom. The van der Waals surface area contributed by atoms with Crippen LogP contribution < -0.4 is 0 Å². The summed E-state index contributed by atoms with van der Waals surface area (Å²) in [4.78, 5) is 17.9. The van der Waals surface area contributed by atoms with E-state index in [-0.39, 0.29) is 11.6 Å². The summed E-state index contributed by atoms with van der Waals surface area (Å²) in [5.41, 5.74) is 4.23. The number of rotatable bonds is 2. The zero-order valence-corrected chi connectivity index (χ0v) is 16.1. The van der Waals surface area contributed by atoms with E-state index in [9.17, 15) is 9.18 Å². The van der Waals surface area contributed by atoms with E-state index in [0.29, 0.717) is 15.5 Å². The Bertz CT molecular complexity index is 1270. The van der Waals surface area contributed by atoms with E-state index in [1.54, 1.807) is 24.3 Å². The number of hydrogen-bond acceptors (Lipinski definition) is 2. The van der Waals surface area contributed by atoms with Crippen LogP contribution >= 0.6 is 23.4 Å². The molecular formula is C23H13ClFNOS. The topological polar surface area (TPSA) is 32.9 Å². The van der Waals surface area contributed by atoms with Crippen molar-refractivity contribution >= 4 is 46.1 Å². The van der Waals surface area contributed by atoms with Gasteiger partial charge in [-0.2, -0.15) is 0 Å². The molecule has 5 heteroatoms. The van der Waals surface area contributed by atoms with Gasteiger partial charge in [0.25, 0.3) is 0 Å². The van der Waals surface area contributed by atoms with Crippen molar-refractivity contribution in [2.75, 3.05) is 0 Å². The van der Waals surface area contributed by atoms with Crippen LogP contribution in [-0.4, -0.2) is 10.8 Å². The lowest BCUT2D eigenvalue weighted by Crippen LogP contribution is -1.94. The van der Waals surface area contributed by atoms with Gasteiger partial charge in [0.05, 0.1) is 10.6 Å². The number of carbonyl (C=O) groups is 1. The summed E-state index contributed by atoms with van der Waals surface area (Å²) in [5, 5.41) is 1.56. The Hall–Kier alpha value is -2.82. The van der Waals surface area contributed by atoms with Gasteiger partial charge in [-0.1, -0.05) is 41.6 Å². The maximum absolute atomic E-state index is 13.4. The predicted octanol–water partition coefficient (Wildman–Crippen LogP) is 6.96. The summed E-state index contributed by atoms with van der Waals surface area (Å²) in [6.45, 7) is 0. The molecule has 0 unspecified atom stereocenters. The summed E-state index contributed by atoms with van der Waals surface area (Å²) in [7, 11) is 0. The third-order valence-corrected chi connectivity index (χ3v) is 6.12. The van der Waals surface area contributed by atoms with Crippen LogP contribution in [0, 0.1) is 5.82 Å². The zero-order chi connectivity index (χ0) is 19.3. The number of nitrogens with one attached hydrogen (secondary N) is 1. The average molecular weight is 406 g/mol. The zero-order valence-electron chi connectivity index (χ0n) is 14.5. The molecule has 0 saturated heterocycles. The number of hydrogen-bond donors (Lipinski definition) is 1. The second-order valence-electron chi connectivity index (χ2n) is 6.55. The smallest absolute Gasteiger partial charge is 0.200 e. The van der Waals surface area contributed by atoms with Gasteiger partial charge in [-0.3, -0.25) is 4.79 Å². The Kier molecular flexibility index (Phi) is 4.11. The van der Waals surface area contributed by atoms with Crippen molar-refractivity contribution in [1.82, 2.24) is 4.98 Å². The van der Waals surface area contributed by atoms with Gasteiger partial charge >= 0.3 is 0 Å². The van der Waals surface area contributed by atoms with Crippen LogP contribution in [0.5, 0.6) is 0 Å². The first-order valence-corrected chi connectivity index (χ1v) is 9.90. The van der Waals surface area contributed by atoms with Crippen molar-refractivity contribution in [3.05, 3.63) is 93.6 Å². The number of carbonyl (C=O) groups excluding carboxylic acids is 1. The molecule has 0 fully saturated rings.